The third-order valence-corrected chi connectivity index (χ3v) is 7.20. The topological polar surface area (TPSA) is 87.3 Å². The predicted molar refractivity (Wildman–Crippen MR) is 157 cm³/mol. The van der Waals surface area contributed by atoms with Gasteiger partial charge in [-0.2, -0.15) is 0 Å². The van der Waals surface area contributed by atoms with E-state index in [4.69, 9.17) is 12.2 Å². The van der Waals surface area contributed by atoms with Crippen LogP contribution in [0.2, 0.25) is 0 Å². The van der Waals surface area contributed by atoms with Crippen LogP contribution in [0, 0.1) is 6.92 Å². The number of hydrogen-bond acceptors (Lipinski definition) is 5. The number of hydrogen-bond donors (Lipinski definition) is 3. The molecule has 4 aromatic carbocycles. The molecule has 0 spiro atoms. The van der Waals surface area contributed by atoms with Crippen molar-refractivity contribution in [1.29, 1.82) is 0 Å². The van der Waals surface area contributed by atoms with Crippen LogP contribution in [0.15, 0.2) is 95.9 Å². The van der Waals surface area contributed by atoms with Crippen LogP contribution in [0.25, 0.3) is 0 Å². The lowest BCUT2D eigenvalue weighted by Gasteiger charge is -2.20. The Bertz CT molecular complexity index is 1580. The number of aryl methyl sites for hydroxylation is 1. The molecule has 0 saturated heterocycles. The van der Waals surface area contributed by atoms with E-state index in [2.05, 4.69) is 16.0 Å². The quantitative estimate of drug-likeness (QED) is 0.173. The summed E-state index contributed by atoms with van der Waals surface area (Å²) >= 11 is 6.77. The molecule has 1 amide bonds. The van der Waals surface area contributed by atoms with Crippen LogP contribution in [-0.2, 0) is 4.79 Å². The average Bonchev–Trinajstić information content (AvgIpc) is 2.92. The number of carbonyl (C=O) groups is 3. The second kappa shape index (κ2) is 11.0. The fraction of sp³-hybridized carbons (Fsp3) is 0.0667. The molecule has 3 N–H and O–H groups in total. The van der Waals surface area contributed by atoms with Crippen LogP contribution in [0.3, 0.4) is 0 Å². The zero-order valence-corrected chi connectivity index (χ0v) is 22.0. The van der Waals surface area contributed by atoms with E-state index < -0.39 is 0 Å². The maximum absolute atomic E-state index is 13.2. The van der Waals surface area contributed by atoms with Crippen molar-refractivity contribution in [2.24, 2.45) is 0 Å². The molecule has 1 aliphatic rings. The Kier molecular flexibility index (Phi) is 7.35. The summed E-state index contributed by atoms with van der Waals surface area (Å²) in [6.45, 7) is 2.02. The molecule has 4 aromatic rings. The van der Waals surface area contributed by atoms with E-state index in [1.807, 2.05) is 55.5 Å². The molecule has 0 saturated carbocycles. The zero-order chi connectivity index (χ0) is 26.6. The highest BCUT2D eigenvalue weighted by atomic mass is 32.2. The molecular formula is C30H23N3O3S2. The molecule has 5 rings (SSSR count). The summed E-state index contributed by atoms with van der Waals surface area (Å²) in [6.07, 6.45) is 0. The number of anilines is 3. The Hall–Kier alpha value is -4.27. The van der Waals surface area contributed by atoms with Gasteiger partial charge in [-0.15, -0.1) is 11.8 Å². The van der Waals surface area contributed by atoms with E-state index in [9.17, 15) is 14.4 Å². The van der Waals surface area contributed by atoms with Gasteiger partial charge in [0, 0.05) is 33.0 Å². The minimum atomic E-state index is -0.280. The lowest BCUT2D eigenvalue weighted by atomic mass is 9.83. The third-order valence-electron chi connectivity index (χ3n) is 6.00. The maximum Gasteiger partial charge on any atom is 0.234 e. The van der Waals surface area contributed by atoms with Crippen molar-refractivity contribution in [2.75, 3.05) is 21.7 Å². The molecule has 6 nitrogen and oxygen atoms in total. The summed E-state index contributed by atoms with van der Waals surface area (Å²) in [7, 11) is 0. The number of benzene rings is 4. The zero-order valence-electron chi connectivity index (χ0n) is 20.4. The van der Waals surface area contributed by atoms with Crippen molar-refractivity contribution in [3.63, 3.8) is 0 Å². The number of fused-ring (bicyclic) bond motifs is 2. The minimum Gasteiger partial charge on any atom is -0.332 e. The molecule has 1 aliphatic carbocycles. The van der Waals surface area contributed by atoms with Crippen LogP contribution in [0.1, 0.15) is 37.4 Å². The van der Waals surface area contributed by atoms with E-state index in [0.717, 1.165) is 16.3 Å². The van der Waals surface area contributed by atoms with Crippen molar-refractivity contribution >= 4 is 63.6 Å². The fourth-order valence-corrected chi connectivity index (χ4v) is 5.17. The molecule has 0 unspecified atom stereocenters. The summed E-state index contributed by atoms with van der Waals surface area (Å²) in [5.41, 5.74) is 4.45. The first-order valence-electron chi connectivity index (χ1n) is 11.9. The first-order valence-corrected chi connectivity index (χ1v) is 13.3. The number of nitrogens with one attached hydrogen (secondary N) is 3. The van der Waals surface area contributed by atoms with Crippen molar-refractivity contribution in [3.8, 4) is 0 Å². The van der Waals surface area contributed by atoms with Gasteiger partial charge in [-0.25, -0.2) is 0 Å². The monoisotopic (exact) mass is 537 g/mol. The molecule has 0 fully saturated rings. The molecule has 8 heteroatoms. The van der Waals surface area contributed by atoms with Gasteiger partial charge in [-0.05, 0) is 55.5 Å². The van der Waals surface area contributed by atoms with E-state index in [1.165, 1.54) is 17.3 Å². The lowest BCUT2D eigenvalue weighted by Crippen LogP contribution is -2.24. The molecule has 0 bridgehead atoms. The number of thiocarbonyl (C=S) groups is 1. The van der Waals surface area contributed by atoms with E-state index >= 15 is 0 Å². The Balaban J connectivity index is 1.22. The second-order valence-electron chi connectivity index (χ2n) is 8.74. The summed E-state index contributed by atoms with van der Waals surface area (Å²) in [5.74, 6) is -0.650. The largest absolute Gasteiger partial charge is 0.332 e. The first kappa shape index (κ1) is 25.4. The molecule has 38 heavy (non-hydrogen) atoms. The summed E-state index contributed by atoms with van der Waals surface area (Å²) in [4.78, 5) is 39.8. The Morgan fingerprint density at radius 2 is 1.39 bits per heavy atom. The predicted octanol–water partition coefficient (Wildman–Crippen LogP) is 6.31. The van der Waals surface area contributed by atoms with Crippen LogP contribution in [0.4, 0.5) is 17.1 Å². The van der Waals surface area contributed by atoms with Gasteiger partial charge < -0.3 is 16.0 Å². The highest BCUT2D eigenvalue weighted by molar-refractivity contribution is 8.00. The van der Waals surface area contributed by atoms with E-state index in [-0.39, 0.29) is 28.8 Å². The fourth-order valence-electron chi connectivity index (χ4n) is 4.18. The van der Waals surface area contributed by atoms with Crippen molar-refractivity contribution in [2.45, 2.75) is 11.8 Å². The Morgan fingerprint density at radius 3 is 2.16 bits per heavy atom. The number of rotatable bonds is 6. The van der Waals surface area contributed by atoms with Crippen LogP contribution in [0.5, 0.6) is 0 Å². The smallest absolute Gasteiger partial charge is 0.234 e. The van der Waals surface area contributed by atoms with Gasteiger partial charge >= 0.3 is 0 Å². The van der Waals surface area contributed by atoms with Gasteiger partial charge in [0.25, 0.3) is 0 Å². The molecule has 0 atom stereocenters. The van der Waals surface area contributed by atoms with E-state index in [1.54, 1.807) is 42.5 Å². The number of thioether (sulfide) groups is 1. The van der Waals surface area contributed by atoms with Gasteiger partial charge in [0.15, 0.2) is 16.7 Å². The molecular weight excluding hydrogens is 514 g/mol. The Labute approximate surface area is 229 Å². The van der Waals surface area contributed by atoms with Gasteiger partial charge in [0.05, 0.1) is 17.0 Å². The SMILES string of the molecule is Cc1ccc(NC(=S)Nc2cccc(SCC(=O)Nc3cccc4c3C(=O)c3ccccc3C4=O)c2)cc1. The lowest BCUT2D eigenvalue weighted by molar-refractivity contribution is -0.113. The summed E-state index contributed by atoms with van der Waals surface area (Å²) in [6, 6.07) is 27.2. The number of carbonyl (C=O) groups excluding carboxylic acids is 3. The van der Waals surface area contributed by atoms with Crippen molar-refractivity contribution in [3.05, 3.63) is 119 Å². The van der Waals surface area contributed by atoms with Gasteiger partial charge in [-0.3, -0.25) is 14.4 Å². The number of ketones is 2. The average molecular weight is 538 g/mol. The van der Waals surface area contributed by atoms with Crippen LogP contribution < -0.4 is 16.0 Å². The molecule has 0 heterocycles. The normalized spacial score (nSPS) is 11.8. The molecule has 0 aliphatic heterocycles. The minimum absolute atomic E-state index is 0.123. The van der Waals surface area contributed by atoms with Crippen molar-refractivity contribution in [1.82, 2.24) is 0 Å². The summed E-state index contributed by atoms with van der Waals surface area (Å²) in [5, 5.41) is 9.59. The molecule has 188 valence electrons. The maximum atomic E-state index is 13.2. The highest BCUT2D eigenvalue weighted by Crippen LogP contribution is 2.32. The highest BCUT2D eigenvalue weighted by Gasteiger charge is 2.31. The standard InChI is InChI=1S/C30H23N3O3S2/c1-18-12-14-19(15-13-18)31-30(37)32-20-6-4-7-21(16-20)38-17-26(34)33-25-11-5-10-24-27(25)29(36)23-9-3-2-8-22(23)28(24)35/h2-16H,17H2,1H3,(H,33,34)(H2,31,32,37). The van der Waals surface area contributed by atoms with E-state index in [0.29, 0.717) is 27.5 Å². The second-order valence-corrected chi connectivity index (χ2v) is 10.2. The van der Waals surface area contributed by atoms with Gasteiger partial charge in [0.2, 0.25) is 5.91 Å². The van der Waals surface area contributed by atoms with Crippen molar-refractivity contribution < 1.29 is 14.4 Å². The van der Waals surface area contributed by atoms with Crippen LogP contribution in [-0.4, -0.2) is 28.3 Å². The molecule has 0 aromatic heterocycles. The summed E-state index contributed by atoms with van der Waals surface area (Å²) < 4.78 is 0. The first-order chi connectivity index (χ1) is 18.4. The Morgan fingerprint density at radius 1 is 0.737 bits per heavy atom. The third kappa shape index (κ3) is 5.51. The van der Waals surface area contributed by atoms with Gasteiger partial charge in [-0.1, -0.05) is 60.2 Å². The number of amides is 1. The van der Waals surface area contributed by atoms with Gasteiger partial charge in [0.1, 0.15) is 0 Å². The van der Waals surface area contributed by atoms with Crippen LogP contribution >= 0.6 is 24.0 Å². The molecule has 0 radical (unpaired) electrons.